The van der Waals surface area contributed by atoms with Crippen molar-refractivity contribution >= 4 is 15.9 Å². The molecule has 2 rings (SSSR count). The summed E-state index contributed by atoms with van der Waals surface area (Å²) in [7, 11) is 1.70. The SMILES string of the molecule is CCN1CCN(Cc2ccc(OC)c(Br)c2)CC1C. The van der Waals surface area contributed by atoms with Crippen molar-refractivity contribution in [2.75, 3.05) is 33.3 Å². The van der Waals surface area contributed by atoms with Crippen LogP contribution in [0.5, 0.6) is 5.75 Å². The summed E-state index contributed by atoms with van der Waals surface area (Å²) in [5, 5.41) is 0. The molecule has 1 fully saturated rings. The first-order chi connectivity index (χ1) is 9.13. The number of nitrogens with zero attached hydrogens (tertiary/aromatic N) is 2. The largest absolute Gasteiger partial charge is 0.496 e. The molecule has 1 atom stereocenters. The number of ether oxygens (including phenoxy) is 1. The first-order valence-corrected chi connectivity index (χ1v) is 7.72. The average molecular weight is 327 g/mol. The van der Waals surface area contributed by atoms with E-state index >= 15 is 0 Å². The summed E-state index contributed by atoms with van der Waals surface area (Å²) in [6, 6.07) is 7.00. The number of halogens is 1. The lowest BCUT2D eigenvalue weighted by atomic mass is 10.1. The zero-order valence-corrected chi connectivity index (χ0v) is 13.6. The second-order valence-corrected chi connectivity index (χ2v) is 6.04. The Balaban J connectivity index is 1.96. The van der Waals surface area contributed by atoms with E-state index in [4.69, 9.17) is 4.74 Å². The van der Waals surface area contributed by atoms with E-state index in [2.05, 4.69) is 51.7 Å². The third-order valence-electron chi connectivity index (χ3n) is 3.88. The maximum absolute atomic E-state index is 5.27. The monoisotopic (exact) mass is 326 g/mol. The predicted molar refractivity (Wildman–Crippen MR) is 82.7 cm³/mol. The third kappa shape index (κ3) is 3.71. The average Bonchev–Trinajstić information content (AvgIpc) is 2.39. The molecule has 1 aliphatic heterocycles. The molecule has 106 valence electrons. The minimum absolute atomic E-state index is 0.653. The number of methoxy groups -OCH3 is 1. The van der Waals surface area contributed by atoms with Gasteiger partial charge in [0.05, 0.1) is 11.6 Å². The fourth-order valence-electron chi connectivity index (χ4n) is 2.75. The van der Waals surface area contributed by atoms with Crippen molar-refractivity contribution in [3.8, 4) is 5.75 Å². The molecule has 0 spiro atoms. The summed E-state index contributed by atoms with van der Waals surface area (Å²) in [6.07, 6.45) is 0. The number of likely N-dealkylation sites (N-methyl/N-ethyl adjacent to an activating group) is 1. The van der Waals surface area contributed by atoms with Crippen LogP contribution in [0, 0.1) is 0 Å². The highest BCUT2D eigenvalue weighted by Crippen LogP contribution is 2.26. The highest BCUT2D eigenvalue weighted by atomic mass is 79.9. The van der Waals surface area contributed by atoms with E-state index in [0.717, 1.165) is 36.4 Å². The van der Waals surface area contributed by atoms with Gasteiger partial charge in [-0.3, -0.25) is 9.80 Å². The van der Waals surface area contributed by atoms with Crippen LogP contribution in [0.2, 0.25) is 0 Å². The molecule has 0 aromatic heterocycles. The zero-order valence-electron chi connectivity index (χ0n) is 12.0. The molecule has 0 aliphatic carbocycles. The van der Waals surface area contributed by atoms with Crippen molar-refractivity contribution < 1.29 is 4.74 Å². The van der Waals surface area contributed by atoms with Crippen LogP contribution in [-0.2, 0) is 6.54 Å². The van der Waals surface area contributed by atoms with E-state index in [9.17, 15) is 0 Å². The van der Waals surface area contributed by atoms with Crippen LogP contribution >= 0.6 is 15.9 Å². The molecule has 3 nitrogen and oxygen atoms in total. The summed E-state index contributed by atoms with van der Waals surface area (Å²) >= 11 is 3.55. The quantitative estimate of drug-likeness (QED) is 0.846. The van der Waals surface area contributed by atoms with Gasteiger partial charge in [0.2, 0.25) is 0 Å². The smallest absolute Gasteiger partial charge is 0.133 e. The van der Waals surface area contributed by atoms with Crippen molar-refractivity contribution in [3.05, 3.63) is 28.2 Å². The van der Waals surface area contributed by atoms with E-state index in [0.29, 0.717) is 6.04 Å². The van der Waals surface area contributed by atoms with Crippen LogP contribution in [-0.4, -0.2) is 49.1 Å². The van der Waals surface area contributed by atoms with Crippen LogP contribution in [0.1, 0.15) is 19.4 Å². The molecule has 0 radical (unpaired) electrons. The highest BCUT2D eigenvalue weighted by molar-refractivity contribution is 9.10. The number of piperazine rings is 1. The van der Waals surface area contributed by atoms with Crippen LogP contribution in [0.15, 0.2) is 22.7 Å². The van der Waals surface area contributed by atoms with E-state index in [1.165, 1.54) is 12.1 Å². The van der Waals surface area contributed by atoms with Crippen molar-refractivity contribution in [3.63, 3.8) is 0 Å². The van der Waals surface area contributed by atoms with E-state index in [1.54, 1.807) is 7.11 Å². The number of hydrogen-bond acceptors (Lipinski definition) is 3. The van der Waals surface area contributed by atoms with Gasteiger partial charge < -0.3 is 4.74 Å². The van der Waals surface area contributed by atoms with Gasteiger partial charge in [0.15, 0.2) is 0 Å². The van der Waals surface area contributed by atoms with Crippen molar-refractivity contribution in [1.82, 2.24) is 9.80 Å². The minimum atomic E-state index is 0.653. The lowest BCUT2D eigenvalue weighted by Crippen LogP contribution is -2.51. The molecule has 1 aliphatic rings. The van der Waals surface area contributed by atoms with Gasteiger partial charge in [-0.15, -0.1) is 0 Å². The van der Waals surface area contributed by atoms with Crippen LogP contribution in [0.4, 0.5) is 0 Å². The molecule has 1 heterocycles. The zero-order chi connectivity index (χ0) is 13.8. The molecule has 0 saturated carbocycles. The molecule has 1 unspecified atom stereocenters. The summed E-state index contributed by atoms with van der Waals surface area (Å²) in [5.41, 5.74) is 1.34. The Kier molecular flexibility index (Phi) is 5.25. The van der Waals surface area contributed by atoms with Crippen molar-refractivity contribution in [1.29, 1.82) is 0 Å². The Morgan fingerprint density at radius 1 is 1.37 bits per heavy atom. The van der Waals surface area contributed by atoms with Gasteiger partial charge in [-0.2, -0.15) is 0 Å². The van der Waals surface area contributed by atoms with Gasteiger partial charge in [0.1, 0.15) is 5.75 Å². The number of hydrogen-bond donors (Lipinski definition) is 0. The Labute approximate surface area is 124 Å². The summed E-state index contributed by atoms with van der Waals surface area (Å²) in [6.45, 7) is 10.2. The van der Waals surface area contributed by atoms with Crippen LogP contribution < -0.4 is 4.74 Å². The van der Waals surface area contributed by atoms with Gasteiger partial charge in [-0.1, -0.05) is 13.0 Å². The van der Waals surface area contributed by atoms with E-state index in [-0.39, 0.29) is 0 Å². The molecular weight excluding hydrogens is 304 g/mol. The summed E-state index contributed by atoms with van der Waals surface area (Å²) in [5.74, 6) is 0.896. The van der Waals surface area contributed by atoms with Gasteiger partial charge in [0.25, 0.3) is 0 Å². The van der Waals surface area contributed by atoms with E-state index < -0.39 is 0 Å². The molecule has 4 heteroatoms. The van der Waals surface area contributed by atoms with Gasteiger partial charge in [0, 0.05) is 32.2 Å². The molecule has 1 saturated heterocycles. The first-order valence-electron chi connectivity index (χ1n) is 6.92. The third-order valence-corrected chi connectivity index (χ3v) is 4.50. The lowest BCUT2D eigenvalue weighted by Gasteiger charge is -2.39. The minimum Gasteiger partial charge on any atom is -0.496 e. The Morgan fingerprint density at radius 3 is 2.74 bits per heavy atom. The van der Waals surface area contributed by atoms with Crippen LogP contribution in [0.3, 0.4) is 0 Å². The topological polar surface area (TPSA) is 15.7 Å². The fourth-order valence-corrected chi connectivity index (χ4v) is 3.34. The fraction of sp³-hybridized carbons (Fsp3) is 0.600. The summed E-state index contributed by atoms with van der Waals surface area (Å²) < 4.78 is 6.30. The molecule has 0 N–H and O–H groups in total. The standard InChI is InChI=1S/C15H23BrN2O/c1-4-18-8-7-17(10-12(18)2)11-13-5-6-15(19-3)14(16)9-13/h5-6,9,12H,4,7-8,10-11H2,1-3H3. The Bertz CT molecular complexity index is 425. The van der Waals surface area contributed by atoms with Gasteiger partial charge in [-0.05, 0) is 47.1 Å². The molecule has 1 aromatic rings. The second-order valence-electron chi connectivity index (χ2n) is 5.18. The maximum Gasteiger partial charge on any atom is 0.133 e. The second kappa shape index (κ2) is 6.73. The maximum atomic E-state index is 5.27. The molecule has 19 heavy (non-hydrogen) atoms. The Morgan fingerprint density at radius 2 is 2.16 bits per heavy atom. The summed E-state index contributed by atoms with van der Waals surface area (Å²) in [4.78, 5) is 5.07. The van der Waals surface area contributed by atoms with Crippen LogP contribution in [0.25, 0.3) is 0 Å². The van der Waals surface area contributed by atoms with Gasteiger partial charge in [-0.25, -0.2) is 0 Å². The van der Waals surface area contributed by atoms with E-state index in [1.807, 2.05) is 6.07 Å². The molecule has 0 bridgehead atoms. The number of rotatable bonds is 4. The lowest BCUT2D eigenvalue weighted by molar-refractivity contribution is 0.0834. The van der Waals surface area contributed by atoms with Crippen molar-refractivity contribution in [2.45, 2.75) is 26.4 Å². The molecular formula is C15H23BrN2O. The van der Waals surface area contributed by atoms with Gasteiger partial charge >= 0.3 is 0 Å². The predicted octanol–water partition coefficient (Wildman–Crippen LogP) is 2.98. The highest BCUT2D eigenvalue weighted by Gasteiger charge is 2.22. The molecule has 0 amide bonds. The van der Waals surface area contributed by atoms with Crippen molar-refractivity contribution in [2.24, 2.45) is 0 Å². The normalized spacial score (nSPS) is 21.6. The molecule has 1 aromatic carbocycles. The first kappa shape index (κ1) is 14.8. The Hall–Kier alpha value is -0.580. The number of benzene rings is 1.